The fraction of sp³-hybridized carbons (Fsp3) is 0.953. The Morgan fingerprint density at radius 2 is 1.74 bits per heavy atom. The Hall–Kier alpha value is -1.14. The van der Waals surface area contributed by atoms with Crippen LogP contribution in [0.2, 0.25) is 0 Å². The molecule has 5 aliphatic carbocycles. The highest BCUT2D eigenvalue weighted by atomic mass is 16.7. The fourth-order valence-corrected chi connectivity index (χ4v) is 15.0. The zero-order chi connectivity index (χ0) is 37.9. The second-order valence-electron chi connectivity index (χ2n) is 20.8. The molecule has 0 amide bonds. The predicted molar refractivity (Wildman–Crippen MR) is 200 cm³/mol. The second kappa shape index (κ2) is 13.2. The highest BCUT2D eigenvalue weighted by Crippen LogP contribution is 2.89. The molecule has 53 heavy (non-hydrogen) atoms. The van der Waals surface area contributed by atoms with E-state index >= 15 is 4.79 Å². The highest BCUT2D eigenvalue weighted by molar-refractivity contribution is 5.93. The number of hydrogen-bond donors (Lipinski definition) is 1. The molecule has 3 heterocycles. The summed E-state index contributed by atoms with van der Waals surface area (Å²) in [6, 6.07) is 0. The minimum absolute atomic E-state index is 0.0250. The number of rotatable bonds is 10. The van der Waals surface area contributed by atoms with E-state index in [-0.39, 0.29) is 51.7 Å². The lowest BCUT2D eigenvalue weighted by Gasteiger charge is -2.62. The molecule has 3 unspecified atom stereocenters. The van der Waals surface area contributed by atoms with Gasteiger partial charge in [-0.05, 0) is 111 Å². The normalized spacial score (nSPS) is 47.3. The van der Waals surface area contributed by atoms with E-state index in [2.05, 4.69) is 44.4 Å². The molecule has 1 N–H and O–H groups in total. The Balaban J connectivity index is 0.959. The first kappa shape index (κ1) is 38.7. The summed E-state index contributed by atoms with van der Waals surface area (Å²) in [4.78, 5) is 32.3. The van der Waals surface area contributed by atoms with Gasteiger partial charge in [0.1, 0.15) is 6.10 Å². The van der Waals surface area contributed by atoms with Crippen molar-refractivity contribution in [2.45, 2.75) is 143 Å². The van der Waals surface area contributed by atoms with Gasteiger partial charge in [-0.1, -0.05) is 34.6 Å². The van der Waals surface area contributed by atoms with Gasteiger partial charge >= 0.3 is 5.97 Å². The summed E-state index contributed by atoms with van der Waals surface area (Å²) in [5.74, 6) is 1.79. The van der Waals surface area contributed by atoms with E-state index in [0.717, 1.165) is 78.2 Å². The van der Waals surface area contributed by atoms with Crippen molar-refractivity contribution in [3.8, 4) is 0 Å². The first-order valence-electron chi connectivity index (χ1n) is 21.2. The van der Waals surface area contributed by atoms with Gasteiger partial charge in [0.05, 0.1) is 31.0 Å². The van der Waals surface area contributed by atoms with Crippen LogP contribution in [0.5, 0.6) is 0 Å². The number of carbonyl (C=O) groups excluding carboxylic acids is 2. The molecule has 2 spiro atoms. The summed E-state index contributed by atoms with van der Waals surface area (Å²) in [5.41, 5.74) is -1.41. The minimum Gasteiger partial charge on any atom is -0.457 e. The third-order valence-electron chi connectivity index (χ3n) is 17.4. The second-order valence-corrected chi connectivity index (χ2v) is 20.8. The molecule has 0 radical (unpaired) electrons. The van der Waals surface area contributed by atoms with Gasteiger partial charge in [-0.15, -0.1) is 0 Å². The summed E-state index contributed by atoms with van der Waals surface area (Å²) >= 11 is 0. The van der Waals surface area contributed by atoms with E-state index in [0.29, 0.717) is 24.2 Å². The van der Waals surface area contributed by atoms with E-state index in [1.165, 1.54) is 26.2 Å². The lowest BCUT2D eigenvalue weighted by Crippen LogP contribution is -2.60. The van der Waals surface area contributed by atoms with Crippen molar-refractivity contribution in [2.24, 2.45) is 56.7 Å². The van der Waals surface area contributed by atoms with E-state index in [1.54, 1.807) is 21.0 Å². The Morgan fingerprint density at radius 1 is 1.02 bits per heavy atom. The Bertz CT molecular complexity index is 1430. The first-order chi connectivity index (χ1) is 24.9. The lowest BCUT2D eigenvalue weighted by atomic mass is 9.41. The molecule has 300 valence electrons. The van der Waals surface area contributed by atoms with Crippen molar-refractivity contribution >= 4 is 11.8 Å². The Labute approximate surface area is 318 Å². The van der Waals surface area contributed by atoms with Crippen molar-refractivity contribution in [1.29, 1.82) is 0 Å². The quantitative estimate of drug-likeness (QED) is 0.296. The topological polar surface area (TPSA) is 107 Å². The molecule has 3 saturated heterocycles. The van der Waals surface area contributed by atoms with Gasteiger partial charge in [0.2, 0.25) is 0 Å². The number of nitrogens with zero attached hydrogens (tertiary/aromatic N) is 2. The summed E-state index contributed by atoms with van der Waals surface area (Å²) in [6.07, 6.45) is 6.71. The van der Waals surface area contributed by atoms with E-state index in [4.69, 9.17) is 23.7 Å². The van der Waals surface area contributed by atoms with Gasteiger partial charge in [-0.25, -0.2) is 0 Å². The van der Waals surface area contributed by atoms with E-state index in [9.17, 15) is 9.90 Å². The molecule has 8 fully saturated rings. The van der Waals surface area contributed by atoms with Crippen LogP contribution in [-0.2, 0) is 33.3 Å². The van der Waals surface area contributed by atoms with Crippen LogP contribution in [0.1, 0.15) is 107 Å². The molecular weight excluding hydrogens is 672 g/mol. The molecule has 5 saturated carbocycles. The third kappa shape index (κ3) is 5.79. The van der Waals surface area contributed by atoms with Crippen LogP contribution in [-0.4, -0.2) is 123 Å². The molecule has 13 atom stereocenters. The molecule has 0 bridgehead atoms. The summed E-state index contributed by atoms with van der Waals surface area (Å²) in [6.45, 7) is 24.5. The zero-order valence-corrected chi connectivity index (χ0v) is 34.3. The number of carbonyl (C=O) groups is 2. The third-order valence-corrected chi connectivity index (χ3v) is 17.4. The number of aliphatic hydroxyl groups is 1. The molecule has 0 aromatic heterocycles. The van der Waals surface area contributed by atoms with E-state index < -0.39 is 35.3 Å². The number of fused-ring (bicyclic) bond motifs is 4. The monoisotopic (exact) mass is 743 g/mol. The van der Waals surface area contributed by atoms with Crippen LogP contribution in [0.3, 0.4) is 0 Å². The molecule has 8 rings (SSSR count). The molecule has 10 nitrogen and oxygen atoms in total. The average Bonchev–Trinajstić information content (AvgIpc) is 3.70. The Morgan fingerprint density at radius 3 is 2.43 bits per heavy atom. The molecule has 8 aliphatic rings. The maximum absolute atomic E-state index is 15.1. The minimum atomic E-state index is -1.28. The van der Waals surface area contributed by atoms with Crippen LogP contribution in [0.4, 0.5) is 0 Å². The van der Waals surface area contributed by atoms with Crippen LogP contribution in [0, 0.1) is 56.7 Å². The zero-order valence-electron chi connectivity index (χ0n) is 34.3. The van der Waals surface area contributed by atoms with Gasteiger partial charge in [0.15, 0.2) is 18.2 Å². The number of Topliss-reactive ketones (excluding diaryl/α,β-unsaturated/α-hetero) is 1. The van der Waals surface area contributed by atoms with Crippen molar-refractivity contribution in [3.05, 3.63) is 0 Å². The number of esters is 1. The Kier molecular flexibility index (Phi) is 9.65. The maximum Gasteiger partial charge on any atom is 0.303 e. The van der Waals surface area contributed by atoms with E-state index in [1.807, 2.05) is 0 Å². The van der Waals surface area contributed by atoms with Crippen LogP contribution in [0.25, 0.3) is 0 Å². The molecule has 10 heteroatoms. The van der Waals surface area contributed by atoms with Gasteiger partial charge in [-0.2, -0.15) is 0 Å². The van der Waals surface area contributed by atoms with Crippen molar-refractivity contribution in [2.75, 3.05) is 59.6 Å². The molecule has 3 aliphatic heterocycles. The van der Waals surface area contributed by atoms with Gasteiger partial charge in [0, 0.05) is 64.6 Å². The molecule has 0 aromatic carbocycles. The highest BCUT2D eigenvalue weighted by Gasteiger charge is 2.85. The lowest BCUT2D eigenvalue weighted by molar-refractivity contribution is -0.248. The number of morpholine rings is 1. The number of ketones is 1. The summed E-state index contributed by atoms with van der Waals surface area (Å²) < 4.78 is 31.0. The number of methoxy groups -OCH3 is 1. The van der Waals surface area contributed by atoms with Crippen molar-refractivity contribution in [3.63, 3.8) is 0 Å². The molecular formula is C43H70N2O8. The largest absolute Gasteiger partial charge is 0.457 e. The average molecular weight is 743 g/mol. The van der Waals surface area contributed by atoms with Crippen LogP contribution >= 0.6 is 0 Å². The van der Waals surface area contributed by atoms with Gasteiger partial charge in [-0.3, -0.25) is 14.5 Å². The van der Waals surface area contributed by atoms with Crippen LogP contribution in [0.15, 0.2) is 0 Å². The van der Waals surface area contributed by atoms with Gasteiger partial charge < -0.3 is 33.7 Å². The smallest absolute Gasteiger partial charge is 0.303 e. The first-order valence-corrected chi connectivity index (χ1v) is 21.2. The van der Waals surface area contributed by atoms with Crippen LogP contribution < -0.4 is 0 Å². The van der Waals surface area contributed by atoms with Crippen molar-refractivity contribution < 1.29 is 38.4 Å². The van der Waals surface area contributed by atoms with Gasteiger partial charge in [0.25, 0.3) is 0 Å². The molecule has 0 aromatic rings. The number of hydrogen-bond acceptors (Lipinski definition) is 10. The fourth-order valence-electron chi connectivity index (χ4n) is 15.0. The van der Waals surface area contributed by atoms with Crippen molar-refractivity contribution in [1.82, 2.24) is 9.80 Å². The number of ether oxygens (including phenoxy) is 5. The summed E-state index contributed by atoms with van der Waals surface area (Å²) in [7, 11) is 1.78. The SMILES string of the molecule is COCCN1CC(CN2CCO[C@@H](O[C@H]3CC[C@]45C[C@]46CC[C@]4(C)[C@@H]7C(OC([C@H](OC(C)=O)C(C)(C)O)C[C@H]7C)C(=O)[C@@]4(C)C6CC[C@H]5C3(C)C)C2)C1. The number of likely N-dealkylation sites (tertiary alicyclic amines) is 1. The predicted octanol–water partition coefficient (Wildman–Crippen LogP) is 5.33. The summed E-state index contributed by atoms with van der Waals surface area (Å²) in [5, 5.41) is 11.1. The standard InChI is InChI=1S/C43H70N2O8/c1-26-20-29(37(39(5,6)48)51-27(2)46)52-35-34(26)40(7)14-15-43-25-42(43)13-12-32(38(3,4)30(42)10-11-31(43)41(40,8)36(35)47)53-33-24-45(17-19-50-33)23-28-21-44(22-28)16-18-49-9/h26,28-35,37,48H,10-25H2,1-9H3/t26-,29?,30+,31?,32+,33+,34+,35?,37+,40-,41-,42-,43+/m1/s1. The maximum atomic E-state index is 15.1.